The van der Waals surface area contributed by atoms with E-state index < -0.39 is 0 Å². The van der Waals surface area contributed by atoms with Crippen molar-refractivity contribution >= 4 is 0 Å². The molecule has 0 amide bonds. The summed E-state index contributed by atoms with van der Waals surface area (Å²) >= 11 is 0. The SMILES string of the molecule is NCc1ccc(-c2cccc3c2CNCC3)cc1. The van der Waals surface area contributed by atoms with Crippen molar-refractivity contribution < 1.29 is 0 Å². The molecule has 2 nitrogen and oxygen atoms in total. The van der Waals surface area contributed by atoms with Gasteiger partial charge < -0.3 is 11.1 Å². The lowest BCUT2D eigenvalue weighted by Crippen LogP contribution is -2.24. The summed E-state index contributed by atoms with van der Waals surface area (Å²) in [5, 5.41) is 3.45. The smallest absolute Gasteiger partial charge is 0.0214 e. The molecule has 18 heavy (non-hydrogen) atoms. The zero-order valence-corrected chi connectivity index (χ0v) is 10.4. The Hall–Kier alpha value is -1.64. The largest absolute Gasteiger partial charge is 0.326 e. The van der Waals surface area contributed by atoms with E-state index in [1.54, 1.807) is 0 Å². The van der Waals surface area contributed by atoms with Crippen LogP contribution in [0, 0.1) is 0 Å². The number of hydrogen-bond acceptors (Lipinski definition) is 2. The van der Waals surface area contributed by atoms with Crippen LogP contribution in [-0.4, -0.2) is 6.54 Å². The summed E-state index contributed by atoms with van der Waals surface area (Å²) in [5.41, 5.74) is 12.4. The van der Waals surface area contributed by atoms with Gasteiger partial charge in [0, 0.05) is 13.1 Å². The molecule has 1 aliphatic rings. The maximum Gasteiger partial charge on any atom is 0.0214 e. The molecule has 2 aromatic rings. The van der Waals surface area contributed by atoms with Crippen LogP contribution < -0.4 is 11.1 Å². The van der Waals surface area contributed by atoms with Crippen molar-refractivity contribution in [2.45, 2.75) is 19.5 Å². The predicted molar refractivity (Wildman–Crippen MR) is 75.2 cm³/mol. The van der Waals surface area contributed by atoms with Gasteiger partial charge >= 0.3 is 0 Å². The number of nitrogens with two attached hydrogens (primary N) is 1. The van der Waals surface area contributed by atoms with Gasteiger partial charge in [-0.2, -0.15) is 0 Å². The molecule has 0 bridgehead atoms. The molecular formula is C16H18N2. The summed E-state index contributed by atoms with van der Waals surface area (Å²) in [4.78, 5) is 0. The van der Waals surface area contributed by atoms with E-state index in [9.17, 15) is 0 Å². The molecule has 0 spiro atoms. The normalized spacial score (nSPS) is 14.3. The lowest BCUT2D eigenvalue weighted by molar-refractivity contribution is 0.645. The molecule has 0 aromatic heterocycles. The van der Waals surface area contributed by atoms with E-state index in [4.69, 9.17) is 5.73 Å². The summed E-state index contributed by atoms with van der Waals surface area (Å²) < 4.78 is 0. The average molecular weight is 238 g/mol. The minimum atomic E-state index is 0.606. The van der Waals surface area contributed by atoms with E-state index in [0.717, 1.165) is 19.5 Å². The van der Waals surface area contributed by atoms with Crippen molar-refractivity contribution in [2.75, 3.05) is 6.54 Å². The van der Waals surface area contributed by atoms with Gasteiger partial charge in [0.15, 0.2) is 0 Å². The zero-order chi connectivity index (χ0) is 12.4. The number of fused-ring (bicyclic) bond motifs is 1. The van der Waals surface area contributed by atoms with Crippen LogP contribution in [0.2, 0.25) is 0 Å². The third-order valence-electron chi connectivity index (χ3n) is 3.65. The monoisotopic (exact) mass is 238 g/mol. The van der Waals surface area contributed by atoms with E-state index in [1.807, 2.05) is 0 Å². The Morgan fingerprint density at radius 2 is 1.89 bits per heavy atom. The Morgan fingerprint density at radius 1 is 1.06 bits per heavy atom. The molecule has 1 aliphatic heterocycles. The molecule has 0 saturated carbocycles. The Balaban J connectivity index is 2.05. The summed E-state index contributed by atoms with van der Waals surface area (Å²) in [7, 11) is 0. The van der Waals surface area contributed by atoms with Crippen molar-refractivity contribution in [3.05, 3.63) is 59.2 Å². The van der Waals surface area contributed by atoms with Crippen LogP contribution in [0.1, 0.15) is 16.7 Å². The van der Waals surface area contributed by atoms with Gasteiger partial charge in [0.05, 0.1) is 0 Å². The second-order valence-corrected chi connectivity index (χ2v) is 4.77. The fourth-order valence-corrected chi connectivity index (χ4v) is 2.60. The Morgan fingerprint density at radius 3 is 2.67 bits per heavy atom. The number of hydrogen-bond donors (Lipinski definition) is 2. The first-order valence-electron chi connectivity index (χ1n) is 6.49. The molecule has 0 unspecified atom stereocenters. The van der Waals surface area contributed by atoms with Crippen LogP contribution in [-0.2, 0) is 19.5 Å². The van der Waals surface area contributed by atoms with Crippen molar-refractivity contribution in [3.63, 3.8) is 0 Å². The van der Waals surface area contributed by atoms with Crippen LogP contribution in [0.25, 0.3) is 11.1 Å². The van der Waals surface area contributed by atoms with Gasteiger partial charge in [-0.25, -0.2) is 0 Å². The van der Waals surface area contributed by atoms with Crippen molar-refractivity contribution in [1.29, 1.82) is 0 Å². The highest BCUT2D eigenvalue weighted by atomic mass is 14.9. The Labute approximate surface area is 108 Å². The van der Waals surface area contributed by atoms with Gasteiger partial charge in [0.1, 0.15) is 0 Å². The van der Waals surface area contributed by atoms with Gasteiger partial charge in [-0.05, 0) is 40.8 Å². The maximum atomic E-state index is 5.64. The fraction of sp³-hybridized carbons (Fsp3) is 0.250. The van der Waals surface area contributed by atoms with Crippen LogP contribution in [0.15, 0.2) is 42.5 Å². The van der Waals surface area contributed by atoms with Crippen LogP contribution in [0.3, 0.4) is 0 Å². The third kappa shape index (κ3) is 2.05. The van der Waals surface area contributed by atoms with E-state index in [0.29, 0.717) is 6.54 Å². The van der Waals surface area contributed by atoms with Crippen LogP contribution >= 0.6 is 0 Å². The second-order valence-electron chi connectivity index (χ2n) is 4.77. The van der Waals surface area contributed by atoms with Gasteiger partial charge in [-0.15, -0.1) is 0 Å². The molecule has 3 rings (SSSR count). The van der Waals surface area contributed by atoms with Gasteiger partial charge in [0.25, 0.3) is 0 Å². The topological polar surface area (TPSA) is 38.0 Å². The van der Waals surface area contributed by atoms with Crippen molar-refractivity contribution in [1.82, 2.24) is 5.32 Å². The van der Waals surface area contributed by atoms with Gasteiger partial charge in [0.2, 0.25) is 0 Å². The molecule has 1 heterocycles. The first-order valence-corrected chi connectivity index (χ1v) is 6.49. The molecule has 2 heteroatoms. The summed E-state index contributed by atoms with van der Waals surface area (Å²) in [6.45, 7) is 2.67. The molecular weight excluding hydrogens is 220 g/mol. The second kappa shape index (κ2) is 4.92. The minimum absolute atomic E-state index is 0.606. The molecule has 0 saturated heterocycles. The minimum Gasteiger partial charge on any atom is -0.326 e. The van der Waals surface area contributed by atoms with E-state index in [-0.39, 0.29) is 0 Å². The molecule has 3 N–H and O–H groups in total. The van der Waals surface area contributed by atoms with Crippen LogP contribution in [0.5, 0.6) is 0 Å². The number of benzene rings is 2. The van der Waals surface area contributed by atoms with Gasteiger partial charge in [-0.3, -0.25) is 0 Å². The maximum absolute atomic E-state index is 5.64. The zero-order valence-electron chi connectivity index (χ0n) is 10.4. The summed E-state index contributed by atoms with van der Waals surface area (Å²) in [5.74, 6) is 0. The van der Waals surface area contributed by atoms with Crippen LogP contribution in [0.4, 0.5) is 0 Å². The first kappa shape index (κ1) is 11.5. The molecule has 92 valence electrons. The highest BCUT2D eigenvalue weighted by Gasteiger charge is 2.13. The standard InChI is InChI=1S/C16H18N2/c17-10-12-4-6-14(7-5-12)15-3-1-2-13-8-9-18-11-16(13)15/h1-7,18H,8-11,17H2. The molecule has 0 atom stereocenters. The average Bonchev–Trinajstić information content (AvgIpc) is 2.47. The molecule has 0 fully saturated rings. The number of rotatable bonds is 2. The van der Waals surface area contributed by atoms with E-state index in [2.05, 4.69) is 47.8 Å². The van der Waals surface area contributed by atoms with Crippen molar-refractivity contribution in [2.24, 2.45) is 5.73 Å². The lowest BCUT2D eigenvalue weighted by Gasteiger charge is -2.20. The quantitative estimate of drug-likeness (QED) is 0.843. The lowest BCUT2D eigenvalue weighted by atomic mass is 9.92. The molecule has 0 aliphatic carbocycles. The molecule has 0 radical (unpaired) electrons. The molecule has 2 aromatic carbocycles. The van der Waals surface area contributed by atoms with E-state index >= 15 is 0 Å². The predicted octanol–water partition coefficient (Wildman–Crippen LogP) is 2.46. The van der Waals surface area contributed by atoms with Gasteiger partial charge in [-0.1, -0.05) is 42.5 Å². The third-order valence-corrected chi connectivity index (χ3v) is 3.65. The number of nitrogens with one attached hydrogen (secondary N) is 1. The Kier molecular flexibility index (Phi) is 3.13. The Bertz CT molecular complexity index is 544. The highest BCUT2D eigenvalue weighted by molar-refractivity contribution is 5.69. The summed E-state index contributed by atoms with van der Waals surface area (Å²) in [6.07, 6.45) is 1.13. The first-order chi connectivity index (χ1) is 8.88. The summed E-state index contributed by atoms with van der Waals surface area (Å²) in [6, 6.07) is 15.2. The van der Waals surface area contributed by atoms with E-state index in [1.165, 1.54) is 27.8 Å². The highest BCUT2D eigenvalue weighted by Crippen LogP contribution is 2.28. The fourth-order valence-electron chi connectivity index (χ4n) is 2.60. The van der Waals surface area contributed by atoms with Crippen molar-refractivity contribution in [3.8, 4) is 11.1 Å².